The number of hydrogen-bond donors (Lipinski definition) is 0. The number of carbonyl (C=O) groups is 1. The highest BCUT2D eigenvalue weighted by Crippen LogP contribution is 2.32. The van der Waals surface area contributed by atoms with Crippen molar-refractivity contribution in [3.63, 3.8) is 0 Å². The molecule has 0 aliphatic carbocycles. The molecule has 2 heterocycles. The van der Waals surface area contributed by atoms with Gasteiger partial charge in [0, 0.05) is 32.0 Å². The van der Waals surface area contributed by atoms with E-state index in [-0.39, 0.29) is 21.7 Å². The maximum Gasteiger partial charge on any atom is 0.274 e. The van der Waals surface area contributed by atoms with Gasteiger partial charge in [-0.15, -0.1) is 0 Å². The number of benzene rings is 2. The summed E-state index contributed by atoms with van der Waals surface area (Å²) in [7, 11) is -2.29. The molecule has 1 saturated heterocycles. The van der Waals surface area contributed by atoms with Crippen molar-refractivity contribution in [2.75, 3.05) is 26.0 Å². The summed E-state index contributed by atoms with van der Waals surface area (Å²) < 4.78 is 63.5. The Morgan fingerprint density at radius 3 is 2.53 bits per heavy atom. The van der Waals surface area contributed by atoms with Crippen molar-refractivity contribution in [1.82, 2.24) is 9.88 Å². The van der Waals surface area contributed by atoms with E-state index in [1.165, 1.54) is 42.3 Å². The van der Waals surface area contributed by atoms with Crippen molar-refractivity contribution in [1.29, 1.82) is 0 Å². The number of methoxy groups -OCH3 is 1. The quantitative estimate of drug-likeness (QED) is 0.535. The van der Waals surface area contributed by atoms with E-state index in [9.17, 15) is 22.0 Å². The number of carbonyl (C=O) groups excluding carboxylic acids is 1. The van der Waals surface area contributed by atoms with Crippen LogP contribution in [0.4, 0.5) is 8.78 Å². The Balaban J connectivity index is 1.34. The smallest absolute Gasteiger partial charge is 0.274 e. The molecule has 0 bridgehead atoms. The Labute approximate surface area is 187 Å². The number of halogens is 2. The molecular formula is C21H20F2N2O5S2. The highest BCUT2D eigenvalue weighted by atomic mass is 32.2. The number of aromatic nitrogens is 1. The predicted octanol–water partition coefficient (Wildman–Crippen LogP) is 3.43. The second kappa shape index (κ2) is 8.99. The van der Waals surface area contributed by atoms with E-state index in [4.69, 9.17) is 9.47 Å². The van der Waals surface area contributed by atoms with E-state index >= 15 is 0 Å². The second-order valence-electron chi connectivity index (χ2n) is 7.35. The highest BCUT2D eigenvalue weighted by molar-refractivity contribution is 7.92. The molecule has 1 fully saturated rings. The number of piperidine rings is 1. The number of sulfone groups is 1. The van der Waals surface area contributed by atoms with Crippen molar-refractivity contribution >= 4 is 37.3 Å². The van der Waals surface area contributed by atoms with Gasteiger partial charge in [0.25, 0.3) is 5.19 Å². The van der Waals surface area contributed by atoms with E-state index in [1.54, 1.807) is 0 Å². The Morgan fingerprint density at radius 1 is 1.19 bits per heavy atom. The molecule has 170 valence electrons. The molecule has 3 aromatic rings. The van der Waals surface area contributed by atoms with Crippen molar-refractivity contribution in [3.05, 3.63) is 48.0 Å². The van der Waals surface area contributed by atoms with Gasteiger partial charge in [-0.3, -0.25) is 4.79 Å². The van der Waals surface area contributed by atoms with Gasteiger partial charge in [0.05, 0.1) is 16.7 Å². The van der Waals surface area contributed by atoms with E-state index < -0.39 is 33.1 Å². The van der Waals surface area contributed by atoms with Crippen molar-refractivity contribution in [2.45, 2.75) is 23.8 Å². The average molecular weight is 483 g/mol. The molecule has 32 heavy (non-hydrogen) atoms. The van der Waals surface area contributed by atoms with Gasteiger partial charge >= 0.3 is 0 Å². The van der Waals surface area contributed by atoms with Crippen molar-refractivity contribution in [3.8, 4) is 10.9 Å². The molecule has 1 amide bonds. The Hall–Kier alpha value is -2.79. The first kappa shape index (κ1) is 22.4. The van der Waals surface area contributed by atoms with Gasteiger partial charge in [-0.05, 0) is 30.3 Å². The largest absolute Gasteiger partial charge is 0.497 e. The molecular weight excluding hydrogens is 462 g/mol. The topological polar surface area (TPSA) is 85.8 Å². The third-order valence-corrected chi connectivity index (χ3v) is 7.70. The SMILES string of the molecule is COc1ccc(S(=O)(=O)CC(=O)N2CCC(Oc3nc4c(F)cc(F)cc4s3)CC2)cc1. The molecule has 2 aromatic carbocycles. The number of amides is 1. The van der Waals surface area contributed by atoms with E-state index in [0.29, 0.717) is 36.4 Å². The lowest BCUT2D eigenvalue weighted by molar-refractivity contribution is -0.130. The average Bonchev–Trinajstić information content (AvgIpc) is 3.16. The number of thiazole rings is 1. The van der Waals surface area contributed by atoms with Crippen LogP contribution in [0.2, 0.25) is 0 Å². The zero-order valence-electron chi connectivity index (χ0n) is 17.1. The lowest BCUT2D eigenvalue weighted by Crippen LogP contribution is -2.44. The molecule has 1 aromatic heterocycles. The summed E-state index contributed by atoms with van der Waals surface area (Å²) in [6.45, 7) is 0.658. The molecule has 0 spiro atoms. The predicted molar refractivity (Wildman–Crippen MR) is 115 cm³/mol. The maximum atomic E-state index is 13.8. The van der Waals surface area contributed by atoms with Crippen LogP contribution in [-0.4, -0.2) is 56.3 Å². The summed E-state index contributed by atoms with van der Waals surface area (Å²) in [5.41, 5.74) is 0.0581. The summed E-state index contributed by atoms with van der Waals surface area (Å²) in [4.78, 5) is 18.2. The van der Waals surface area contributed by atoms with Crippen LogP contribution < -0.4 is 9.47 Å². The Morgan fingerprint density at radius 2 is 1.88 bits per heavy atom. The van der Waals surface area contributed by atoms with Gasteiger partial charge in [0.1, 0.15) is 28.9 Å². The Kier molecular flexibility index (Phi) is 6.29. The molecule has 11 heteroatoms. The molecule has 1 aliphatic heterocycles. The molecule has 0 unspecified atom stereocenters. The van der Waals surface area contributed by atoms with Crippen LogP contribution in [0, 0.1) is 11.6 Å². The summed E-state index contributed by atoms with van der Waals surface area (Å²) >= 11 is 1.05. The minimum absolute atomic E-state index is 0.0581. The molecule has 0 saturated carbocycles. The van der Waals surface area contributed by atoms with E-state index in [0.717, 1.165) is 17.4 Å². The van der Waals surface area contributed by atoms with E-state index in [1.807, 2.05) is 0 Å². The summed E-state index contributed by atoms with van der Waals surface area (Å²) in [6, 6.07) is 7.86. The summed E-state index contributed by atoms with van der Waals surface area (Å²) in [5, 5.41) is 0.233. The first-order valence-electron chi connectivity index (χ1n) is 9.82. The van der Waals surface area contributed by atoms with Crippen LogP contribution in [-0.2, 0) is 14.6 Å². The van der Waals surface area contributed by atoms with Gasteiger partial charge < -0.3 is 14.4 Å². The summed E-state index contributed by atoms with van der Waals surface area (Å²) in [5.74, 6) is -1.99. The zero-order valence-corrected chi connectivity index (χ0v) is 18.7. The number of likely N-dealkylation sites (tertiary alicyclic amines) is 1. The summed E-state index contributed by atoms with van der Waals surface area (Å²) in [6.07, 6.45) is 0.688. The molecule has 7 nitrogen and oxygen atoms in total. The van der Waals surface area contributed by atoms with Gasteiger partial charge in [0.2, 0.25) is 5.91 Å². The molecule has 0 radical (unpaired) electrons. The molecule has 0 N–H and O–H groups in total. The fourth-order valence-electron chi connectivity index (χ4n) is 3.47. The monoisotopic (exact) mass is 482 g/mol. The third kappa shape index (κ3) is 4.83. The normalized spacial score (nSPS) is 15.2. The van der Waals surface area contributed by atoms with E-state index in [2.05, 4.69) is 4.98 Å². The van der Waals surface area contributed by atoms with Crippen molar-refractivity contribution in [2.24, 2.45) is 0 Å². The molecule has 0 atom stereocenters. The van der Waals surface area contributed by atoms with Crippen LogP contribution in [0.25, 0.3) is 10.2 Å². The number of rotatable bonds is 6. The standard InChI is InChI=1S/C21H20F2N2O5S2/c1-29-14-2-4-16(5-3-14)32(27,28)12-19(26)25-8-6-15(7-9-25)30-21-24-20-17(23)10-13(22)11-18(20)31-21/h2-5,10-11,15H,6-9,12H2,1H3. The minimum atomic E-state index is -3.77. The number of ether oxygens (including phenoxy) is 2. The lowest BCUT2D eigenvalue weighted by atomic mass is 10.1. The van der Waals surface area contributed by atoms with Crippen LogP contribution in [0.1, 0.15) is 12.8 Å². The second-order valence-corrected chi connectivity index (χ2v) is 10.3. The van der Waals surface area contributed by atoms with Crippen molar-refractivity contribution < 1.29 is 31.5 Å². The lowest BCUT2D eigenvalue weighted by Gasteiger charge is -2.31. The van der Waals surface area contributed by atoms with Crippen LogP contribution in [0.5, 0.6) is 10.9 Å². The third-order valence-electron chi connectivity index (χ3n) is 5.19. The first-order chi connectivity index (χ1) is 15.2. The fourth-order valence-corrected chi connectivity index (χ4v) is 5.62. The van der Waals surface area contributed by atoms with Gasteiger partial charge in [-0.1, -0.05) is 11.3 Å². The number of hydrogen-bond acceptors (Lipinski definition) is 7. The van der Waals surface area contributed by atoms with Gasteiger partial charge in [0.15, 0.2) is 15.7 Å². The highest BCUT2D eigenvalue weighted by Gasteiger charge is 2.28. The maximum absolute atomic E-state index is 13.8. The molecule has 1 aliphatic rings. The molecule has 4 rings (SSSR count). The van der Waals surface area contributed by atoms with Gasteiger partial charge in [-0.2, -0.15) is 4.98 Å². The Bertz CT molecular complexity index is 1240. The number of fused-ring (bicyclic) bond motifs is 1. The van der Waals surface area contributed by atoms with Gasteiger partial charge in [-0.25, -0.2) is 17.2 Å². The first-order valence-corrected chi connectivity index (χ1v) is 12.3. The number of nitrogens with zero attached hydrogens (tertiary/aromatic N) is 2. The van der Waals surface area contributed by atoms with Crippen LogP contribution >= 0.6 is 11.3 Å². The van der Waals surface area contributed by atoms with Crippen LogP contribution in [0.15, 0.2) is 41.3 Å². The zero-order chi connectivity index (χ0) is 22.9. The van der Waals surface area contributed by atoms with Crippen LogP contribution in [0.3, 0.4) is 0 Å². The minimum Gasteiger partial charge on any atom is -0.497 e. The fraction of sp³-hybridized carbons (Fsp3) is 0.333.